The predicted molar refractivity (Wildman–Crippen MR) is 92.5 cm³/mol. The van der Waals surface area contributed by atoms with E-state index < -0.39 is 5.82 Å². The number of halogens is 1. The van der Waals surface area contributed by atoms with E-state index in [4.69, 9.17) is 4.74 Å². The van der Waals surface area contributed by atoms with E-state index in [0.29, 0.717) is 44.5 Å². The van der Waals surface area contributed by atoms with Gasteiger partial charge in [-0.15, -0.1) is 0 Å². The van der Waals surface area contributed by atoms with Crippen LogP contribution in [0.1, 0.15) is 23.1 Å². The third-order valence-electron chi connectivity index (χ3n) is 4.09. The molecule has 7 heteroatoms. The molecule has 0 N–H and O–H groups in total. The molecule has 2 heterocycles. The second kappa shape index (κ2) is 7.46. The highest BCUT2D eigenvalue weighted by Gasteiger charge is 2.25. The fraction of sp³-hybridized carbons (Fsp3) is 0.389. The number of rotatable bonds is 4. The van der Waals surface area contributed by atoms with Gasteiger partial charge in [-0.25, -0.2) is 9.37 Å². The molecular weight excluding hydrogens is 323 g/mol. The Morgan fingerprint density at radius 2 is 1.92 bits per heavy atom. The highest BCUT2D eigenvalue weighted by molar-refractivity contribution is 5.94. The lowest BCUT2D eigenvalue weighted by atomic mass is 10.1. The summed E-state index contributed by atoms with van der Waals surface area (Å²) in [4.78, 5) is 24.9. The maximum absolute atomic E-state index is 13.8. The highest BCUT2D eigenvalue weighted by atomic mass is 19.1. The van der Waals surface area contributed by atoms with Crippen molar-refractivity contribution in [1.82, 2.24) is 14.9 Å². The van der Waals surface area contributed by atoms with Gasteiger partial charge >= 0.3 is 0 Å². The average molecular weight is 344 g/mol. The minimum atomic E-state index is -0.484. The van der Waals surface area contributed by atoms with Crippen LogP contribution >= 0.6 is 0 Å². The molecular formula is C18H21FN4O2. The van der Waals surface area contributed by atoms with Crippen LogP contribution in [0, 0.1) is 12.7 Å². The number of amides is 1. The third kappa shape index (κ3) is 3.87. The van der Waals surface area contributed by atoms with Gasteiger partial charge in [0.25, 0.3) is 5.91 Å². The summed E-state index contributed by atoms with van der Waals surface area (Å²) in [5.74, 6) is 1.23. The number of anilines is 1. The summed E-state index contributed by atoms with van der Waals surface area (Å²) in [5.41, 5.74) is 0.118. The number of aryl methyl sites for hydroxylation is 1. The molecule has 1 amide bonds. The Bertz CT molecular complexity index is 760. The van der Waals surface area contributed by atoms with Crippen molar-refractivity contribution in [3.63, 3.8) is 0 Å². The van der Waals surface area contributed by atoms with Crippen LogP contribution < -0.4 is 9.64 Å². The van der Waals surface area contributed by atoms with Gasteiger partial charge in [0.2, 0.25) is 5.88 Å². The SMILES string of the molecule is CCOc1cc(N2CCN(C(=O)c3ccccc3F)CC2)nc(C)n1. The predicted octanol–water partition coefficient (Wildman–Crippen LogP) is 2.29. The van der Waals surface area contributed by atoms with Crippen molar-refractivity contribution in [1.29, 1.82) is 0 Å². The number of aromatic nitrogens is 2. The number of hydrogen-bond acceptors (Lipinski definition) is 5. The molecule has 1 saturated heterocycles. The Kier molecular flexibility index (Phi) is 5.11. The fourth-order valence-electron chi connectivity index (χ4n) is 2.85. The van der Waals surface area contributed by atoms with Crippen LogP contribution in [0.2, 0.25) is 0 Å². The average Bonchev–Trinajstić information content (AvgIpc) is 2.61. The van der Waals surface area contributed by atoms with E-state index in [1.165, 1.54) is 12.1 Å². The van der Waals surface area contributed by atoms with Crippen LogP contribution in [-0.4, -0.2) is 53.6 Å². The van der Waals surface area contributed by atoms with Gasteiger partial charge in [0, 0.05) is 32.2 Å². The molecule has 2 aromatic rings. The van der Waals surface area contributed by atoms with Crippen molar-refractivity contribution in [2.24, 2.45) is 0 Å². The molecule has 1 aliphatic rings. The molecule has 1 aromatic carbocycles. The molecule has 1 aliphatic heterocycles. The first-order valence-electron chi connectivity index (χ1n) is 8.35. The van der Waals surface area contributed by atoms with Crippen molar-refractivity contribution in [2.45, 2.75) is 13.8 Å². The van der Waals surface area contributed by atoms with E-state index in [1.807, 2.05) is 19.9 Å². The monoisotopic (exact) mass is 344 g/mol. The third-order valence-corrected chi connectivity index (χ3v) is 4.09. The molecule has 1 aromatic heterocycles. The number of benzene rings is 1. The second-order valence-corrected chi connectivity index (χ2v) is 5.80. The summed E-state index contributed by atoms with van der Waals surface area (Å²) in [6.45, 7) is 6.56. The molecule has 0 bridgehead atoms. The van der Waals surface area contributed by atoms with E-state index in [0.717, 1.165) is 5.82 Å². The lowest BCUT2D eigenvalue weighted by molar-refractivity contribution is 0.0741. The van der Waals surface area contributed by atoms with Gasteiger partial charge in [-0.05, 0) is 26.0 Å². The van der Waals surface area contributed by atoms with Crippen LogP contribution in [0.5, 0.6) is 5.88 Å². The largest absolute Gasteiger partial charge is 0.478 e. The van der Waals surface area contributed by atoms with E-state index >= 15 is 0 Å². The molecule has 0 radical (unpaired) electrons. The van der Waals surface area contributed by atoms with Gasteiger partial charge in [0.15, 0.2) is 0 Å². The van der Waals surface area contributed by atoms with Crippen molar-refractivity contribution in [3.05, 3.63) is 47.5 Å². The van der Waals surface area contributed by atoms with E-state index in [9.17, 15) is 9.18 Å². The zero-order valence-electron chi connectivity index (χ0n) is 14.4. The molecule has 6 nitrogen and oxygen atoms in total. The maximum Gasteiger partial charge on any atom is 0.256 e. The van der Waals surface area contributed by atoms with Crippen molar-refractivity contribution in [3.8, 4) is 5.88 Å². The molecule has 0 aliphatic carbocycles. The minimum Gasteiger partial charge on any atom is -0.478 e. The van der Waals surface area contributed by atoms with Gasteiger partial charge in [-0.1, -0.05) is 12.1 Å². The molecule has 1 fully saturated rings. The fourth-order valence-corrected chi connectivity index (χ4v) is 2.85. The summed E-state index contributed by atoms with van der Waals surface area (Å²) < 4.78 is 19.3. The standard InChI is InChI=1S/C18H21FN4O2/c1-3-25-17-12-16(20-13(2)21-17)22-8-10-23(11-9-22)18(24)14-6-4-5-7-15(14)19/h4-7,12H,3,8-11H2,1-2H3. The molecule has 0 spiro atoms. The van der Waals surface area contributed by atoms with Crippen LogP contribution in [0.4, 0.5) is 10.2 Å². The zero-order chi connectivity index (χ0) is 17.8. The Balaban J connectivity index is 1.68. The van der Waals surface area contributed by atoms with Crippen LogP contribution in [0.3, 0.4) is 0 Å². The number of piperazine rings is 1. The molecule has 3 rings (SSSR count). The number of carbonyl (C=O) groups excluding carboxylic acids is 1. The van der Waals surface area contributed by atoms with E-state index in [1.54, 1.807) is 17.0 Å². The second-order valence-electron chi connectivity index (χ2n) is 5.80. The topological polar surface area (TPSA) is 58.6 Å². The summed E-state index contributed by atoms with van der Waals surface area (Å²) in [6, 6.07) is 7.89. The molecule has 0 unspecified atom stereocenters. The molecule has 0 atom stereocenters. The van der Waals surface area contributed by atoms with Crippen molar-refractivity contribution in [2.75, 3.05) is 37.7 Å². The number of nitrogens with zero attached hydrogens (tertiary/aromatic N) is 4. The lowest BCUT2D eigenvalue weighted by Crippen LogP contribution is -2.49. The summed E-state index contributed by atoms with van der Waals surface area (Å²) in [5, 5.41) is 0. The molecule has 25 heavy (non-hydrogen) atoms. The van der Waals surface area contributed by atoms with E-state index in [2.05, 4.69) is 14.9 Å². The molecule has 132 valence electrons. The quantitative estimate of drug-likeness (QED) is 0.852. The smallest absolute Gasteiger partial charge is 0.256 e. The van der Waals surface area contributed by atoms with Gasteiger partial charge in [0.05, 0.1) is 12.2 Å². The van der Waals surface area contributed by atoms with Crippen molar-refractivity contribution < 1.29 is 13.9 Å². The number of ether oxygens (including phenoxy) is 1. The van der Waals surface area contributed by atoms with Gasteiger partial charge in [-0.2, -0.15) is 4.98 Å². The van der Waals surface area contributed by atoms with Crippen molar-refractivity contribution >= 4 is 11.7 Å². The Labute approximate surface area is 146 Å². The first kappa shape index (κ1) is 17.1. The summed E-state index contributed by atoms with van der Waals surface area (Å²) >= 11 is 0. The number of carbonyl (C=O) groups is 1. The first-order chi connectivity index (χ1) is 12.1. The number of hydrogen-bond donors (Lipinski definition) is 0. The van der Waals surface area contributed by atoms with Crippen LogP contribution in [0.15, 0.2) is 30.3 Å². The Morgan fingerprint density at radius 3 is 2.60 bits per heavy atom. The molecule has 0 saturated carbocycles. The zero-order valence-corrected chi connectivity index (χ0v) is 14.4. The first-order valence-corrected chi connectivity index (χ1v) is 8.35. The highest BCUT2D eigenvalue weighted by Crippen LogP contribution is 2.20. The summed E-state index contributed by atoms with van der Waals surface area (Å²) in [6.07, 6.45) is 0. The van der Waals surface area contributed by atoms with E-state index in [-0.39, 0.29) is 11.5 Å². The Hall–Kier alpha value is -2.70. The normalized spacial score (nSPS) is 14.5. The van der Waals surface area contributed by atoms with Crippen LogP contribution in [0.25, 0.3) is 0 Å². The maximum atomic E-state index is 13.8. The van der Waals surface area contributed by atoms with Crippen LogP contribution in [-0.2, 0) is 0 Å². The van der Waals surface area contributed by atoms with Gasteiger partial charge in [-0.3, -0.25) is 4.79 Å². The Morgan fingerprint density at radius 1 is 1.20 bits per heavy atom. The lowest BCUT2D eigenvalue weighted by Gasteiger charge is -2.35. The van der Waals surface area contributed by atoms with Gasteiger partial charge < -0.3 is 14.5 Å². The summed E-state index contributed by atoms with van der Waals surface area (Å²) in [7, 11) is 0. The minimum absolute atomic E-state index is 0.118. The van der Waals surface area contributed by atoms with Gasteiger partial charge in [0.1, 0.15) is 17.5 Å².